The van der Waals surface area contributed by atoms with Gasteiger partial charge in [0, 0.05) is 25.6 Å². The number of amides is 1. The van der Waals surface area contributed by atoms with E-state index in [-0.39, 0.29) is 18.6 Å². The smallest absolute Gasteiger partial charge is 0.220 e. The normalized spacial score (nSPS) is 19.7. The van der Waals surface area contributed by atoms with Gasteiger partial charge in [0.05, 0.1) is 7.11 Å². The summed E-state index contributed by atoms with van der Waals surface area (Å²) in [6, 6.07) is 7.44. The first-order chi connectivity index (χ1) is 10.2. The third kappa shape index (κ3) is 5.24. The van der Waals surface area contributed by atoms with E-state index >= 15 is 0 Å². The number of nitrogens with one attached hydrogen (secondary N) is 2. The van der Waals surface area contributed by atoms with Gasteiger partial charge in [-0.3, -0.25) is 4.79 Å². The predicted octanol–water partition coefficient (Wildman–Crippen LogP) is 0.303. The lowest BCUT2D eigenvalue weighted by molar-refractivity contribution is -0.122. The second-order valence-corrected chi connectivity index (χ2v) is 5.09. The molecule has 0 spiro atoms. The third-order valence-corrected chi connectivity index (χ3v) is 3.41. The Labute approximate surface area is 124 Å². The van der Waals surface area contributed by atoms with Crippen molar-refractivity contribution in [2.24, 2.45) is 0 Å². The molecule has 2 unspecified atom stereocenters. The van der Waals surface area contributed by atoms with E-state index in [1.165, 1.54) is 0 Å². The average Bonchev–Trinajstić information content (AvgIpc) is 2.53. The Morgan fingerprint density at radius 2 is 2.10 bits per heavy atom. The number of rotatable bonds is 7. The molecule has 0 radical (unpaired) electrons. The second-order valence-electron chi connectivity index (χ2n) is 5.09. The highest BCUT2D eigenvalue weighted by atomic mass is 16.5. The Morgan fingerprint density at radius 3 is 2.71 bits per heavy atom. The zero-order valence-corrected chi connectivity index (χ0v) is 12.2. The van der Waals surface area contributed by atoms with Crippen molar-refractivity contribution in [1.29, 1.82) is 0 Å². The third-order valence-electron chi connectivity index (χ3n) is 3.41. The fraction of sp³-hybridized carbons (Fsp3) is 0.533. The molecule has 1 aromatic rings. The van der Waals surface area contributed by atoms with Crippen molar-refractivity contribution in [2.45, 2.75) is 25.0 Å². The van der Waals surface area contributed by atoms with Crippen LogP contribution < -0.4 is 20.1 Å². The molecule has 1 heterocycles. The lowest BCUT2D eigenvalue weighted by atomic mass is 10.1. The number of carbonyl (C=O) groups is 1. The summed E-state index contributed by atoms with van der Waals surface area (Å²) < 4.78 is 10.6. The van der Waals surface area contributed by atoms with Gasteiger partial charge >= 0.3 is 0 Å². The van der Waals surface area contributed by atoms with E-state index in [2.05, 4.69) is 10.6 Å². The summed E-state index contributed by atoms with van der Waals surface area (Å²) in [7, 11) is 1.61. The molecule has 6 nitrogen and oxygen atoms in total. The minimum Gasteiger partial charge on any atom is -0.497 e. The van der Waals surface area contributed by atoms with Crippen LogP contribution in [0.25, 0.3) is 0 Å². The molecule has 1 aliphatic heterocycles. The summed E-state index contributed by atoms with van der Waals surface area (Å²) in [5, 5.41) is 15.9. The molecule has 1 fully saturated rings. The van der Waals surface area contributed by atoms with Crippen molar-refractivity contribution in [3.8, 4) is 11.5 Å². The number of carbonyl (C=O) groups excluding carboxylic acids is 1. The number of methoxy groups -OCH3 is 1. The summed E-state index contributed by atoms with van der Waals surface area (Å²) in [6.07, 6.45) is 0.748. The molecule has 1 aliphatic rings. The van der Waals surface area contributed by atoms with Gasteiger partial charge in [-0.25, -0.2) is 0 Å². The zero-order chi connectivity index (χ0) is 15.1. The number of hydrogen-bond acceptors (Lipinski definition) is 5. The second kappa shape index (κ2) is 7.85. The number of aliphatic hydroxyl groups is 1. The number of ether oxygens (including phenoxy) is 2. The standard InChI is InChI=1S/C15H22N2O4/c1-20-13-3-5-14(6-4-13)21-10-12(18)9-16-11-2-7-15(19)17-8-11/h3-6,11-12,16,18H,2,7-10H2,1H3,(H,17,19). The van der Waals surface area contributed by atoms with E-state index in [0.717, 1.165) is 12.2 Å². The van der Waals surface area contributed by atoms with Gasteiger partial charge in [0.15, 0.2) is 0 Å². The van der Waals surface area contributed by atoms with E-state index in [0.29, 0.717) is 25.3 Å². The molecule has 116 valence electrons. The molecule has 0 aliphatic carbocycles. The largest absolute Gasteiger partial charge is 0.497 e. The van der Waals surface area contributed by atoms with Crippen LogP contribution in [-0.4, -0.2) is 50.0 Å². The molecular formula is C15H22N2O4. The van der Waals surface area contributed by atoms with Crippen LogP contribution >= 0.6 is 0 Å². The first kappa shape index (κ1) is 15.6. The first-order valence-corrected chi connectivity index (χ1v) is 7.12. The lowest BCUT2D eigenvalue weighted by Gasteiger charge is -2.24. The molecule has 1 aromatic carbocycles. The van der Waals surface area contributed by atoms with E-state index < -0.39 is 6.10 Å². The average molecular weight is 294 g/mol. The molecule has 3 N–H and O–H groups in total. The topological polar surface area (TPSA) is 79.8 Å². The molecule has 2 rings (SSSR count). The van der Waals surface area contributed by atoms with Gasteiger partial charge in [-0.15, -0.1) is 0 Å². The minimum absolute atomic E-state index is 0.0939. The molecule has 1 saturated heterocycles. The van der Waals surface area contributed by atoms with Gasteiger partial charge in [-0.1, -0.05) is 0 Å². The number of benzene rings is 1. The fourth-order valence-electron chi connectivity index (χ4n) is 2.13. The molecule has 21 heavy (non-hydrogen) atoms. The highest BCUT2D eigenvalue weighted by molar-refractivity contribution is 5.76. The lowest BCUT2D eigenvalue weighted by Crippen LogP contribution is -2.48. The fourth-order valence-corrected chi connectivity index (χ4v) is 2.13. The van der Waals surface area contributed by atoms with Crippen LogP contribution in [0.3, 0.4) is 0 Å². The van der Waals surface area contributed by atoms with E-state index in [1.807, 2.05) is 12.1 Å². The van der Waals surface area contributed by atoms with Crippen molar-refractivity contribution in [2.75, 3.05) is 26.8 Å². The SMILES string of the molecule is COc1ccc(OCC(O)CNC2CCC(=O)NC2)cc1. The number of piperidine rings is 1. The molecular weight excluding hydrogens is 272 g/mol. The van der Waals surface area contributed by atoms with Gasteiger partial charge in [-0.05, 0) is 30.7 Å². The monoisotopic (exact) mass is 294 g/mol. The molecule has 1 amide bonds. The Kier molecular flexibility index (Phi) is 5.83. The summed E-state index contributed by atoms with van der Waals surface area (Å²) >= 11 is 0. The van der Waals surface area contributed by atoms with Gasteiger partial charge in [0.25, 0.3) is 0 Å². The van der Waals surface area contributed by atoms with Gasteiger partial charge in [0.2, 0.25) is 5.91 Å². The molecule has 2 atom stereocenters. The van der Waals surface area contributed by atoms with Crippen LogP contribution in [-0.2, 0) is 4.79 Å². The maximum absolute atomic E-state index is 11.0. The molecule has 0 saturated carbocycles. The van der Waals surface area contributed by atoms with Gasteiger partial charge in [0.1, 0.15) is 24.2 Å². The maximum Gasteiger partial charge on any atom is 0.220 e. The van der Waals surface area contributed by atoms with Crippen LogP contribution in [0.5, 0.6) is 11.5 Å². The van der Waals surface area contributed by atoms with Crippen molar-refractivity contribution >= 4 is 5.91 Å². The Bertz CT molecular complexity index is 439. The van der Waals surface area contributed by atoms with Crippen molar-refractivity contribution < 1.29 is 19.4 Å². The maximum atomic E-state index is 11.0. The summed E-state index contributed by atoms with van der Waals surface area (Å²) in [4.78, 5) is 11.0. The zero-order valence-electron chi connectivity index (χ0n) is 12.2. The highest BCUT2D eigenvalue weighted by Crippen LogP contribution is 2.17. The Morgan fingerprint density at radius 1 is 1.38 bits per heavy atom. The predicted molar refractivity (Wildman–Crippen MR) is 78.5 cm³/mol. The van der Waals surface area contributed by atoms with Crippen LogP contribution in [0.4, 0.5) is 0 Å². The van der Waals surface area contributed by atoms with Gasteiger partial charge in [-0.2, -0.15) is 0 Å². The van der Waals surface area contributed by atoms with E-state index in [1.54, 1.807) is 19.2 Å². The summed E-state index contributed by atoms with van der Waals surface area (Å²) in [5.41, 5.74) is 0. The quantitative estimate of drug-likeness (QED) is 0.674. The van der Waals surface area contributed by atoms with Crippen LogP contribution in [0.1, 0.15) is 12.8 Å². The first-order valence-electron chi connectivity index (χ1n) is 7.12. The van der Waals surface area contributed by atoms with Crippen LogP contribution in [0.15, 0.2) is 24.3 Å². The van der Waals surface area contributed by atoms with Crippen molar-refractivity contribution in [3.05, 3.63) is 24.3 Å². The summed E-state index contributed by atoms with van der Waals surface area (Å²) in [6.45, 7) is 1.28. The molecule has 0 bridgehead atoms. The number of aliphatic hydroxyl groups excluding tert-OH is 1. The Hall–Kier alpha value is -1.79. The minimum atomic E-state index is -0.593. The van der Waals surface area contributed by atoms with Crippen molar-refractivity contribution in [1.82, 2.24) is 10.6 Å². The van der Waals surface area contributed by atoms with Crippen LogP contribution in [0.2, 0.25) is 0 Å². The summed E-state index contributed by atoms with van der Waals surface area (Å²) in [5.74, 6) is 1.56. The molecule has 6 heteroatoms. The van der Waals surface area contributed by atoms with Crippen LogP contribution in [0, 0.1) is 0 Å². The van der Waals surface area contributed by atoms with E-state index in [4.69, 9.17) is 9.47 Å². The van der Waals surface area contributed by atoms with E-state index in [9.17, 15) is 9.90 Å². The molecule has 0 aromatic heterocycles. The Balaban J connectivity index is 1.64. The van der Waals surface area contributed by atoms with Crippen molar-refractivity contribution in [3.63, 3.8) is 0 Å². The number of hydrogen-bond donors (Lipinski definition) is 3. The highest BCUT2D eigenvalue weighted by Gasteiger charge is 2.18. The van der Waals surface area contributed by atoms with Gasteiger partial charge < -0.3 is 25.2 Å².